The van der Waals surface area contributed by atoms with Crippen LogP contribution in [0.4, 0.5) is 0 Å². The molecule has 20 rings (SSSR count). The number of aromatic nitrogens is 10. The van der Waals surface area contributed by atoms with E-state index in [9.17, 15) is 0 Å². The minimum absolute atomic E-state index is 0.0861. The Morgan fingerprint density at radius 2 is 0.579 bits per heavy atom. The van der Waals surface area contributed by atoms with Gasteiger partial charge in [0.05, 0.1) is 27.8 Å². The van der Waals surface area contributed by atoms with E-state index in [0.29, 0.717) is 111 Å². The second-order valence-corrected chi connectivity index (χ2v) is 33.9. The first-order chi connectivity index (χ1) is 68.0. The molecular weight excluding hydrogens is 1550 g/mol. The fourth-order valence-corrected chi connectivity index (χ4v) is 17.7. The maximum Gasteiger partial charge on any atom is 0.227 e. The van der Waals surface area contributed by atoms with Gasteiger partial charge in [-0.25, -0.2) is 47.8 Å². The number of nitrogens with zero attached hydrogens (tertiary/aromatic N) is 10. The van der Waals surface area contributed by atoms with Crippen LogP contribution in [0.2, 0.25) is 0 Å². The van der Waals surface area contributed by atoms with Crippen LogP contribution in [-0.2, 0) is 35.2 Å². The molecule has 636 valence electrons. The van der Waals surface area contributed by atoms with Crippen molar-refractivity contribution in [2.24, 2.45) is 35.2 Å². The Hall–Kier alpha value is -13.4. The smallest absolute Gasteiger partial charge is 0.227 e. The van der Waals surface area contributed by atoms with Crippen LogP contribution in [0.15, 0.2) is 205 Å². The zero-order valence-corrected chi connectivity index (χ0v) is 75.4. The van der Waals surface area contributed by atoms with Crippen molar-refractivity contribution in [1.82, 2.24) is 24.9 Å². The van der Waals surface area contributed by atoms with E-state index in [4.69, 9.17) is 49.5 Å². The summed E-state index contributed by atoms with van der Waals surface area (Å²) in [4.78, 5) is 22.5. The Labute approximate surface area is 766 Å². The number of hydrogen-bond donors (Lipinski definition) is 0. The first-order valence-corrected chi connectivity index (χ1v) is 42.1. The van der Waals surface area contributed by atoms with Crippen LogP contribution in [-0.4, -0.2) is 24.9 Å². The summed E-state index contributed by atoms with van der Waals surface area (Å²) in [6, 6.07) is 48.6. The van der Waals surface area contributed by atoms with E-state index in [1.807, 2.05) is 120 Å². The third-order valence-corrected chi connectivity index (χ3v) is 23.9. The van der Waals surface area contributed by atoms with E-state index in [2.05, 4.69) is 157 Å². The molecular formula is C111H117N10O5+5. The van der Waals surface area contributed by atoms with E-state index in [1.165, 1.54) is 69.6 Å². The molecule has 126 heavy (non-hydrogen) atoms. The van der Waals surface area contributed by atoms with E-state index >= 15 is 0 Å². The van der Waals surface area contributed by atoms with Gasteiger partial charge in [-0.2, -0.15) is 0 Å². The van der Waals surface area contributed by atoms with Crippen molar-refractivity contribution in [3.63, 3.8) is 0 Å². The highest BCUT2D eigenvalue weighted by atomic mass is 16.4. The maximum absolute atomic E-state index is 8.68. The highest BCUT2D eigenvalue weighted by Crippen LogP contribution is 2.46. The van der Waals surface area contributed by atoms with Crippen molar-refractivity contribution in [3.05, 3.63) is 295 Å². The van der Waals surface area contributed by atoms with Crippen molar-refractivity contribution in [2.75, 3.05) is 0 Å². The molecule has 0 saturated heterocycles. The number of rotatable bonds is 8. The summed E-state index contributed by atoms with van der Waals surface area (Å²) in [5, 5.41) is 7.86. The molecule has 0 spiro atoms. The Balaban J connectivity index is 0.000000132. The van der Waals surface area contributed by atoms with E-state index in [1.54, 1.807) is 76.0 Å². The van der Waals surface area contributed by atoms with Gasteiger partial charge in [-0.3, -0.25) is 0 Å². The molecule has 0 fully saturated rings. The third-order valence-electron chi connectivity index (χ3n) is 23.9. The quantitative estimate of drug-likeness (QED) is 0.135. The van der Waals surface area contributed by atoms with Crippen LogP contribution in [0, 0.1) is 117 Å². The average molecular weight is 1690 g/mol. The lowest BCUT2D eigenvalue weighted by Crippen LogP contribution is -2.32. The monoisotopic (exact) mass is 1690 g/mol. The lowest BCUT2D eigenvalue weighted by molar-refractivity contribution is -0.661. The van der Waals surface area contributed by atoms with Gasteiger partial charge in [0.15, 0.2) is 58.9 Å². The van der Waals surface area contributed by atoms with Gasteiger partial charge >= 0.3 is 0 Å². The Morgan fingerprint density at radius 3 is 0.913 bits per heavy atom. The standard InChI is InChI=1S/2C24H27N2O.C23H25N2O.2C20H19N2O/c1-13(2)19-12-26(7)20(11-14(19)3)22-16(5)10-15(4)21-18-9-8-17(6)25-24(18)27-23(21)22;1-13(2)19-11-20(26(7)12-16(19)5)22-15(4)10-14(3)21-18-9-8-17(6)25-24(18)27-23(21)22;1-13(2)17-9-10-25(6)19(12-17)21-15(4)11-14(3)20-18-8-7-16(5)24-23(18)26-22(20)21;2*1-12-11-13(2)18(16-7-5-6-10-22(16)4)19-17(12)15-9-8-14(3)21-20(15)23-19/h2*8-13H,1-7H3;7-13H,1-6H3;2*5-11H,1-4H3/q5*+1/i1D3,4D3,13D;1D3,3D3,5D3,13D;;1D3;. The molecule has 2 atom stereocenters. The summed E-state index contributed by atoms with van der Waals surface area (Å²) < 4.78 is 202. The van der Waals surface area contributed by atoms with Crippen molar-refractivity contribution in [1.29, 1.82) is 0 Å². The molecule has 2 unspecified atom stereocenters. The van der Waals surface area contributed by atoms with Crippen LogP contribution in [0.1, 0.15) is 198 Å². The molecule has 0 N–H and O–H groups in total. The van der Waals surface area contributed by atoms with Gasteiger partial charge in [-0.1, -0.05) is 71.7 Å². The Morgan fingerprint density at radius 1 is 0.278 bits per heavy atom. The number of hydrogen-bond acceptors (Lipinski definition) is 10. The lowest BCUT2D eigenvalue weighted by atomic mass is 9.93. The minimum Gasteiger partial charge on any atom is -0.437 e. The average Bonchev–Trinajstić information content (AvgIpc) is 0.932. The summed E-state index contributed by atoms with van der Waals surface area (Å²) in [5.74, 6) is -3.54. The third kappa shape index (κ3) is 15.7. The van der Waals surface area contributed by atoms with Crippen LogP contribution >= 0.6 is 0 Å². The topological polar surface area (TPSA) is 150 Å². The molecule has 15 nitrogen and oxygen atoms in total. The summed E-state index contributed by atoms with van der Waals surface area (Å²) in [5.41, 5.74) is 28.1. The first-order valence-electron chi connectivity index (χ1n) is 52.1. The van der Waals surface area contributed by atoms with Gasteiger partial charge in [0.2, 0.25) is 57.0 Å². The van der Waals surface area contributed by atoms with E-state index in [-0.39, 0.29) is 33.6 Å². The predicted molar refractivity (Wildman–Crippen MR) is 513 cm³/mol. The lowest BCUT2D eigenvalue weighted by Gasteiger charge is -2.13. The fraction of sp³-hybridized carbons (Fsp3) is 0.279. The van der Waals surface area contributed by atoms with Crippen molar-refractivity contribution in [2.45, 2.75) is 177 Å². The van der Waals surface area contributed by atoms with Crippen molar-refractivity contribution in [3.8, 4) is 56.3 Å². The van der Waals surface area contributed by atoms with Crippen molar-refractivity contribution < 1.29 is 72.3 Å². The van der Waals surface area contributed by atoms with Gasteiger partial charge in [0.25, 0.3) is 0 Å². The Bertz CT molecular complexity index is 8680. The van der Waals surface area contributed by atoms with Crippen LogP contribution < -0.4 is 22.8 Å². The summed E-state index contributed by atoms with van der Waals surface area (Å²) in [6.45, 7) is 17.3. The Kier molecular flexibility index (Phi) is 17.3. The van der Waals surface area contributed by atoms with Crippen LogP contribution in [0.5, 0.6) is 0 Å². The number of furan rings is 5. The molecule has 0 bridgehead atoms. The summed E-state index contributed by atoms with van der Waals surface area (Å²) >= 11 is 0. The van der Waals surface area contributed by atoms with Gasteiger partial charge in [-0.05, 0) is 280 Å². The summed E-state index contributed by atoms with van der Waals surface area (Å²) in [6.07, 6.45) is 9.14. The van der Waals surface area contributed by atoms with Gasteiger partial charge < -0.3 is 22.1 Å². The second kappa shape index (κ2) is 33.9. The highest BCUT2D eigenvalue weighted by Gasteiger charge is 2.31. The molecule has 15 heterocycles. The molecule has 0 amide bonds. The minimum atomic E-state index is -2.82. The zero-order chi connectivity index (χ0) is 107. The van der Waals surface area contributed by atoms with Gasteiger partial charge in [0, 0.05) is 169 Å². The molecule has 0 aliphatic heterocycles. The fourth-order valence-electron chi connectivity index (χ4n) is 17.7. The molecule has 15 heteroatoms. The zero-order valence-electron chi connectivity index (χ0n) is 95.4. The highest BCUT2D eigenvalue weighted by molar-refractivity contribution is 6.15. The van der Waals surface area contributed by atoms with E-state index < -0.39 is 52.9 Å². The maximum atomic E-state index is 8.68. The van der Waals surface area contributed by atoms with Crippen molar-refractivity contribution >= 4 is 110 Å². The van der Waals surface area contributed by atoms with Gasteiger partial charge in [0.1, 0.15) is 35.2 Å². The molecule has 0 radical (unpaired) electrons. The molecule has 5 aromatic carbocycles. The second-order valence-electron chi connectivity index (χ2n) is 33.9. The molecule has 0 saturated carbocycles. The van der Waals surface area contributed by atoms with Crippen LogP contribution in [0.3, 0.4) is 0 Å². The van der Waals surface area contributed by atoms with E-state index in [0.717, 1.165) is 101 Å². The molecule has 0 aliphatic rings. The van der Waals surface area contributed by atoms with Gasteiger partial charge in [-0.15, -0.1) is 0 Å². The first kappa shape index (κ1) is 64.4. The molecule has 15 aromatic heterocycles. The normalized spacial score (nSPS) is 15.6. The predicted octanol–water partition coefficient (Wildman–Crippen LogP) is 26.0. The number of fused-ring (bicyclic) bond motifs is 15. The van der Waals surface area contributed by atoms with Crippen LogP contribution in [0.25, 0.3) is 167 Å². The number of pyridine rings is 10. The number of aryl methyl sites for hydroxylation is 22. The molecule has 0 aliphatic carbocycles. The number of benzene rings is 5. The largest absolute Gasteiger partial charge is 0.437 e. The summed E-state index contributed by atoms with van der Waals surface area (Å²) in [7, 11) is 9.51. The molecule has 20 aromatic rings. The SMILES string of the molecule is Cc1ccc2c(n1)oc1c(-c3cc(C(C)C)cc[n+]3C)c(C)cc(C)c12.Cc1ccc2c(n1)oc1c(-c3cccc[n+]3C)c(C)cc(C)c12.[2H]C([2H])([2H])c1c[n+](C)c(-c2c(C)cc(C([2H])([2H])[2H])c3c2oc2nc(C)ccc23)cc1C([2H])(C)C([2H])([2H])[2H].[2H]C([2H])([2H])c1cc(C)c(-c2cc(C)c(C([2H])(C)C([2H])([2H])[2H])c[n+]2C)c2oc3nc(C)ccc3c12.[2H]C([2H])([2H])c1cc(C)c(-c2cccc[n+]2C)c2oc3nc(C)ccc3c12.